The third kappa shape index (κ3) is 2.59. The van der Waals surface area contributed by atoms with Crippen LogP contribution >= 0.6 is 0 Å². The SMILES string of the molecule is CC(C)(C)c1ccc2c(c1)C(c1ccccc1)(c1ccccc1)c1ccccc1-2. The highest BCUT2D eigenvalue weighted by Gasteiger charge is 2.46. The molecule has 142 valence electrons. The van der Waals surface area contributed by atoms with Crippen molar-refractivity contribution < 1.29 is 0 Å². The zero-order valence-corrected chi connectivity index (χ0v) is 17.3. The van der Waals surface area contributed by atoms with Crippen molar-refractivity contribution in [1.82, 2.24) is 0 Å². The second-order valence-electron chi connectivity index (χ2n) is 9.04. The second-order valence-corrected chi connectivity index (χ2v) is 9.04. The first-order valence-electron chi connectivity index (χ1n) is 10.4. The summed E-state index contributed by atoms with van der Waals surface area (Å²) >= 11 is 0. The molecule has 0 atom stereocenters. The van der Waals surface area contributed by atoms with E-state index in [2.05, 4.69) is 124 Å². The first-order chi connectivity index (χ1) is 14.0. The van der Waals surface area contributed by atoms with E-state index in [9.17, 15) is 0 Å². The molecule has 5 rings (SSSR count). The largest absolute Gasteiger partial charge is 0.0713 e. The number of hydrogen-bond donors (Lipinski definition) is 0. The van der Waals surface area contributed by atoms with Gasteiger partial charge < -0.3 is 0 Å². The fourth-order valence-electron chi connectivity index (χ4n) is 4.91. The quantitative estimate of drug-likeness (QED) is 0.303. The smallest absolute Gasteiger partial charge is 0.0622 e. The van der Waals surface area contributed by atoms with Gasteiger partial charge in [0, 0.05) is 0 Å². The lowest BCUT2D eigenvalue weighted by Crippen LogP contribution is -2.29. The molecule has 0 aliphatic heterocycles. The van der Waals surface area contributed by atoms with Gasteiger partial charge in [0.25, 0.3) is 0 Å². The van der Waals surface area contributed by atoms with Gasteiger partial charge in [-0.15, -0.1) is 0 Å². The summed E-state index contributed by atoms with van der Waals surface area (Å²) in [6.45, 7) is 6.89. The van der Waals surface area contributed by atoms with Crippen LogP contribution in [0, 0.1) is 0 Å². The molecule has 1 aliphatic carbocycles. The maximum Gasteiger partial charge on any atom is 0.0713 e. The maximum absolute atomic E-state index is 2.45. The molecule has 0 fully saturated rings. The highest BCUT2D eigenvalue weighted by Crippen LogP contribution is 2.56. The second kappa shape index (κ2) is 6.46. The number of benzene rings is 4. The molecule has 0 N–H and O–H groups in total. The molecule has 1 aliphatic rings. The number of fused-ring (bicyclic) bond motifs is 3. The van der Waals surface area contributed by atoms with E-state index in [1.54, 1.807) is 0 Å². The summed E-state index contributed by atoms with van der Waals surface area (Å²) < 4.78 is 0. The summed E-state index contributed by atoms with van der Waals surface area (Å²) in [5, 5.41) is 0. The average molecular weight is 375 g/mol. The van der Waals surface area contributed by atoms with E-state index in [1.807, 2.05) is 0 Å². The third-order valence-electron chi connectivity index (χ3n) is 6.32. The van der Waals surface area contributed by atoms with Crippen LogP contribution in [0.4, 0.5) is 0 Å². The first-order valence-corrected chi connectivity index (χ1v) is 10.4. The van der Waals surface area contributed by atoms with Crippen LogP contribution in [-0.2, 0) is 10.8 Å². The summed E-state index contributed by atoms with van der Waals surface area (Å²) in [7, 11) is 0. The van der Waals surface area contributed by atoms with E-state index in [-0.39, 0.29) is 10.8 Å². The topological polar surface area (TPSA) is 0 Å². The molecule has 0 bridgehead atoms. The Kier molecular flexibility index (Phi) is 3.99. The summed E-state index contributed by atoms with van der Waals surface area (Å²) in [6.07, 6.45) is 0. The van der Waals surface area contributed by atoms with Crippen LogP contribution < -0.4 is 0 Å². The summed E-state index contributed by atoms with van der Waals surface area (Å²) in [5.41, 5.74) is 9.28. The lowest BCUT2D eigenvalue weighted by atomic mass is 9.67. The van der Waals surface area contributed by atoms with E-state index in [4.69, 9.17) is 0 Å². The lowest BCUT2D eigenvalue weighted by Gasteiger charge is -2.34. The van der Waals surface area contributed by atoms with Crippen molar-refractivity contribution in [2.24, 2.45) is 0 Å². The molecular weight excluding hydrogens is 348 g/mol. The molecule has 0 aromatic heterocycles. The molecule has 0 nitrogen and oxygen atoms in total. The van der Waals surface area contributed by atoms with Crippen LogP contribution in [0.2, 0.25) is 0 Å². The van der Waals surface area contributed by atoms with Crippen LogP contribution in [0.25, 0.3) is 11.1 Å². The molecule has 0 radical (unpaired) electrons. The number of hydrogen-bond acceptors (Lipinski definition) is 0. The molecule has 0 heterocycles. The van der Waals surface area contributed by atoms with Crippen molar-refractivity contribution in [3.8, 4) is 11.1 Å². The van der Waals surface area contributed by atoms with Gasteiger partial charge in [0.05, 0.1) is 5.41 Å². The van der Waals surface area contributed by atoms with E-state index >= 15 is 0 Å². The minimum Gasteiger partial charge on any atom is -0.0622 e. The van der Waals surface area contributed by atoms with E-state index in [0.717, 1.165) is 0 Å². The van der Waals surface area contributed by atoms with E-state index in [1.165, 1.54) is 38.9 Å². The molecule has 4 aromatic rings. The Balaban J connectivity index is 1.96. The Labute approximate surface area is 173 Å². The molecule has 0 heteroatoms. The molecule has 0 saturated carbocycles. The fourth-order valence-corrected chi connectivity index (χ4v) is 4.91. The first kappa shape index (κ1) is 17.9. The van der Waals surface area contributed by atoms with Crippen molar-refractivity contribution in [2.75, 3.05) is 0 Å². The highest BCUT2D eigenvalue weighted by atomic mass is 14.5. The molecule has 0 amide bonds. The molecule has 4 aromatic carbocycles. The van der Waals surface area contributed by atoms with Crippen LogP contribution in [0.15, 0.2) is 103 Å². The summed E-state index contributed by atoms with van der Waals surface area (Å²) in [6, 6.07) is 38.0. The number of rotatable bonds is 2. The Morgan fingerprint density at radius 2 is 1.03 bits per heavy atom. The molecule has 0 saturated heterocycles. The molecule has 0 spiro atoms. The molecular formula is C29H26. The van der Waals surface area contributed by atoms with E-state index < -0.39 is 0 Å². The monoisotopic (exact) mass is 374 g/mol. The van der Waals surface area contributed by atoms with Crippen LogP contribution in [0.1, 0.15) is 48.6 Å². The predicted octanol–water partition coefficient (Wildman–Crippen LogP) is 7.35. The standard InChI is InChI=1S/C29H26/c1-28(2,3)23-18-19-25-24-16-10-11-17-26(24)29(27(25)20-23,21-12-6-4-7-13-21)22-14-8-5-9-15-22/h4-20H,1-3H3. The Hall–Kier alpha value is -3.12. The third-order valence-corrected chi connectivity index (χ3v) is 6.32. The van der Waals surface area contributed by atoms with Gasteiger partial charge in [0.1, 0.15) is 0 Å². The van der Waals surface area contributed by atoms with Gasteiger partial charge >= 0.3 is 0 Å². The van der Waals surface area contributed by atoms with Gasteiger partial charge in [-0.05, 0) is 44.4 Å². The fraction of sp³-hybridized carbons (Fsp3) is 0.172. The van der Waals surface area contributed by atoms with Gasteiger partial charge in [0.15, 0.2) is 0 Å². The highest BCUT2D eigenvalue weighted by molar-refractivity contribution is 5.86. The van der Waals surface area contributed by atoms with Crippen molar-refractivity contribution >= 4 is 0 Å². The Morgan fingerprint density at radius 1 is 0.517 bits per heavy atom. The predicted molar refractivity (Wildman–Crippen MR) is 122 cm³/mol. The van der Waals surface area contributed by atoms with Crippen molar-refractivity contribution in [3.63, 3.8) is 0 Å². The van der Waals surface area contributed by atoms with Crippen molar-refractivity contribution in [2.45, 2.75) is 31.6 Å². The van der Waals surface area contributed by atoms with Crippen molar-refractivity contribution in [3.05, 3.63) is 131 Å². The maximum atomic E-state index is 2.45. The Bertz CT molecular complexity index is 1120. The van der Waals surface area contributed by atoms with Gasteiger partial charge in [0.2, 0.25) is 0 Å². The van der Waals surface area contributed by atoms with Gasteiger partial charge in [-0.2, -0.15) is 0 Å². The summed E-state index contributed by atoms with van der Waals surface area (Å²) in [4.78, 5) is 0. The Morgan fingerprint density at radius 3 is 1.62 bits per heavy atom. The minimum atomic E-state index is -0.296. The van der Waals surface area contributed by atoms with Gasteiger partial charge in [-0.1, -0.05) is 124 Å². The zero-order chi connectivity index (χ0) is 20.1. The normalized spacial score (nSPS) is 14.3. The van der Waals surface area contributed by atoms with Crippen LogP contribution in [0.5, 0.6) is 0 Å². The van der Waals surface area contributed by atoms with Gasteiger partial charge in [-0.3, -0.25) is 0 Å². The zero-order valence-electron chi connectivity index (χ0n) is 17.3. The lowest BCUT2D eigenvalue weighted by molar-refractivity contribution is 0.588. The molecule has 29 heavy (non-hydrogen) atoms. The summed E-state index contributed by atoms with van der Waals surface area (Å²) in [5.74, 6) is 0. The average Bonchev–Trinajstić information content (AvgIpc) is 3.05. The van der Waals surface area contributed by atoms with Crippen LogP contribution in [-0.4, -0.2) is 0 Å². The minimum absolute atomic E-state index is 0.100. The van der Waals surface area contributed by atoms with Gasteiger partial charge in [-0.25, -0.2) is 0 Å². The van der Waals surface area contributed by atoms with Crippen LogP contribution in [0.3, 0.4) is 0 Å². The molecule has 0 unspecified atom stereocenters. The van der Waals surface area contributed by atoms with Crippen molar-refractivity contribution in [1.29, 1.82) is 0 Å². The van der Waals surface area contributed by atoms with E-state index in [0.29, 0.717) is 0 Å².